The molecule has 1 aliphatic heterocycles. The molecule has 8 atom stereocenters. The summed E-state index contributed by atoms with van der Waals surface area (Å²) in [5, 5.41) is 15.2. The summed E-state index contributed by atoms with van der Waals surface area (Å²) in [7, 11) is 0.922. The number of ether oxygens (including phenoxy) is 7. The van der Waals surface area contributed by atoms with Gasteiger partial charge in [0.05, 0.1) is 25.7 Å². The molecule has 1 aliphatic rings. The summed E-state index contributed by atoms with van der Waals surface area (Å²) in [6.07, 6.45) is -9.11. The van der Waals surface area contributed by atoms with Gasteiger partial charge in [-0.3, -0.25) is 28.8 Å². The van der Waals surface area contributed by atoms with E-state index in [0.717, 1.165) is 48.7 Å². The summed E-state index contributed by atoms with van der Waals surface area (Å²) in [4.78, 5) is 87.7. The van der Waals surface area contributed by atoms with E-state index in [1.807, 2.05) is 0 Å². The van der Waals surface area contributed by atoms with Crippen LogP contribution in [0.3, 0.4) is 0 Å². The number of carboxylic acid groups (broad SMARTS) is 1. The molecule has 240 valence electrons. The number of rotatable bonds is 14. The minimum Gasteiger partial charge on any atom is -0.481 e. The topological polar surface area (TPSA) is 265 Å². The van der Waals surface area contributed by atoms with Crippen molar-refractivity contribution in [1.82, 2.24) is 5.32 Å². The van der Waals surface area contributed by atoms with E-state index >= 15 is 0 Å². The van der Waals surface area contributed by atoms with Crippen LogP contribution in [0.15, 0.2) is 5.11 Å². The number of esters is 5. The van der Waals surface area contributed by atoms with Crippen molar-refractivity contribution in [3.05, 3.63) is 10.4 Å². The van der Waals surface area contributed by atoms with Gasteiger partial charge in [0.1, 0.15) is 18.8 Å². The molecule has 2 N–H and O–H groups in total. The van der Waals surface area contributed by atoms with Crippen molar-refractivity contribution in [2.75, 3.05) is 13.7 Å². The summed E-state index contributed by atoms with van der Waals surface area (Å²) >= 11 is 0. The Balaban J connectivity index is 3.98. The Hall–Kier alpha value is -4.48. The Morgan fingerprint density at radius 1 is 1.02 bits per heavy atom. The number of carboxylic acids is 1. The second-order valence-electron chi connectivity index (χ2n) is 9.24. The zero-order valence-electron chi connectivity index (χ0n) is 24.5. The lowest BCUT2D eigenvalue weighted by atomic mass is 9.87. The van der Waals surface area contributed by atoms with Gasteiger partial charge in [-0.15, -0.1) is 0 Å². The molecule has 0 saturated carbocycles. The third kappa shape index (κ3) is 10.7. The van der Waals surface area contributed by atoms with Crippen molar-refractivity contribution in [1.29, 1.82) is 0 Å². The second-order valence-corrected chi connectivity index (χ2v) is 9.24. The van der Waals surface area contributed by atoms with Gasteiger partial charge in [-0.05, 0) is 12.5 Å². The zero-order valence-corrected chi connectivity index (χ0v) is 24.5. The Labute approximate surface area is 245 Å². The molecule has 1 rings (SSSR count). The molecule has 1 heterocycles. The number of carbonyl (C=O) groups excluding carboxylic acids is 6. The minimum absolute atomic E-state index is 0.710. The number of hydrogen-bond acceptors (Lipinski definition) is 15. The van der Waals surface area contributed by atoms with E-state index in [2.05, 4.69) is 15.3 Å². The Morgan fingerprint density at radius 3 is 2.07 bits per heavy atom. The summed E-state index contributed by atoms with van der Waals surface area (Å²) in [6.45, 7) is 5.51. The fourth-order valence-corrected chi connectivity index (χ4v) is 4.28. The van der Waals surface area contributed by atoms with E-state index in [9.17, 15) is 38.7 Å². The number of amides is 1. The highest BCUT2D eigenvalue weighted by Crippen LogP contribution is 2.38. The highest BCUT2D eigenvalue weighted by Gasteiger charge is 2.60. The van der Waals surface area contributed by atoms with E-state index in [1.54, 1.807) is 0 Å². The minimum atomic E-state index is -2.67. The van der Waals surface area contributed by atoms with Crippen LogP contribution in [-0.2, 0) is 66.7 Å². The van der Waals surface area contributed by atoms with Crippen LogP contribution < -0.4 is 5.32 Å². The number of azide groups is 1. The predicted octanol–water partition coefficient (Wildman–Crippen LogP) is -0.324. The van der Waals surface area contributed by atoms with Gasteiger partial charge in [-0.1, -0.05) is 5.11 Å². The van der Waals surface area contributed by atoms with Gasteiger partial charge < -0.3 is 43.6 Å². The molecule has 0 spiro atoms. The van der Waals surface area contributed by atoms with Crippen LogP contribution in [0.25, 0.3) is 10.4 Å². The van der Waals surface area contributed by atoms with Crippen LogP contribution in [0, 0.1) is 0 Å². The lowest BCUT2D eigenvalue weighted by Gasteiger charge is -2.49. The van der Waals surface area contributed by atoms with Crippen LogP contribution >= 0.6 is 0 Å². The third-order valence-corrected chi connectivity index (χ3v) is 5.74. The molecule has 0 radical (unpaired) electrons. The average Bonchev–Trinajstić information content (AvgIpc) is 2.87. The third-order valence-electron chi connectivity index (χ3n) is 5.74. The van der Waals surface area contributed by atoms with Crippen LogP contribution in [-0.4, -0.2) is 109 Å². The van der Waals surface area contributed by atoms with Crippen LogP contribution in [0.2, 0.25) is 0 Å². The van der Waals surface area contributed by atoms with Crippen LogP contribution in [0.1, 0.15) is 48.0 Å². The van der Waals surface area contributed by atoms with Gasteiger partial charge in [0.15, 0.2) is 18.2 Å². The van der Waals surface area contributed by atoms with E-state index in [-0.39, 0.29) is 0 Å². The fourth-order valence-electron chi connectivity index (χ4n) is 4.28. The molecule has 1 amide bonds. The van der Waals surface area contributed by atoms with E-state index in [0.29, 0.717) is 0 Å². The molecule has 43 heavy (non-hydrogen) atoms. The first-order valence-corrected chi connectivity index (χ1v) is 12.6. The van der Waals surface area contributed by atoms with Crippen molar-refractivity contribution >= 4 is 41.7 Å². The lowest BCUT2D eigenvalue weighted by Crippen LogP contribution is -2.70. The first-order valence-electron chi connectivity index (χ1n) is 12.6. The van der Waals surface area contributed by atoms with Gasteiger partial charge >= 0.3 is 35.8 Å². The molecule has 0 aromatic rings. The second kappa shape index (κ2) is 16.2. The SMILES string of the molecule is COC(=O)[C@@]1(O[C@H](C)[C@H](N=[N+]=[N-])C(=O)O)C[C@H](OC(C)=O)[C@@H](NC(C)=O)[C@H]([C@H](OC(C)=O)[C@H](COC(C)=O)OC(C)=O)O1. The molecule has 1 saturated heterocycles. The quantitative estimate of drug-likeness (QED) is 0.0830. The fraction of sp³-hybridized carbons (Fsp3) is 0.708. The number of nitrogens with zero attached hydrogens (tertiary/aromatic N) is 3. The van der Waals surface area contributed by atoms with Crippen molar-refractivity contribution in [3.63, 3.8) is 0 Å². The van der Waals surface area contributed by atoms with Gasteiger partial charge in [0.2, 0.25) is 5.91 Å². The van der Waals surface area contributed by atoms with Gasteiger partial charge in [0, 0.05) is 39.5 Å². The highest BCUT2D eigenvalue weighted by atomic mass is 16.7. The molecule has 0 bridgehead atoms. The Kier molecular flexibility index (Phi) is 13.8. The van der Waals surface area contributed by atoms with Crippen LogP contribution in [0.5, 0.6) is 0 Å². The number of aliphatic carboxylic acids is 1. The van der Waals surface area contributed by atoms with Crippen LogP contribution in [0.4, 0.5) is 0 Å². The number of carbonyl (C=O) groups is 7. The summed E-state index contributed by atoms with van der Waals surface area (Å²) < 4.78 is 37.6. The standard InChI is InChI=1S/C24H34N4O15/c1-10(18(22(34)35)27-28-25)42-24(23(36)37-7)8-16(39-13(4)31)19(26-11(2)29)21(43-24)20(41-15(6)33)17(40-14(5)32)9-38-12(3)30/h10,16-21H,8-9H2,1-7H3,(H,26,29)(H,34,35)/t10-,16+,17+,18+,19-,20-,21-,24-/m1/s1. The monoisotopic (exact) mass is 618 g/mol. The summed E-state index contributed by atoms with van der Waals surface area (Å²) in [6, 6.07) is -3.36. The zero-order chi connectivity index (χ0) is 33.1. The molecular weight excluding hydrogens is 584 g/mol. The largest absolute Gasteiger partial charge is 0.481 e. The molecule has 0 unspecified atom stereocenters. The molecule has 0 aromatic heterocycles. The molecule has 19 nitrogen and oxygen atoms in total. The summed E-state index contributed by atoms with van der Waals surface area (Å²) in [5.41, 5.74) is 8.83. The normalized spacial score (nSPS) is 23.9. The van der Waals surface area contributed by atoms with E-state index < -0.39 is 103 Å². The van der Waals surface area contributed by atoms with Gasteiger partial charge in [-0.2, -0.15) is 0 Å². The van der Waals surface area contributed by atoms with Crippen molar-refractivity contribution in [2.24, 2.45) is 5.11 Å². The van der Waals surface area contributed by atoms with Crippen molar-refractivity contribution in [2.45, 2.75) is 96.4 Å². The van der Waals surface area contributed by atoms with Gasteiger partial charge in [-0.25, -0.2) is 4.79 Å². The maximum absolute atomic E-state index is 13.3. The Morgan fingerprint density at radius 2 is 1.63 bits per heavy atom. The van der Waals surface area contributed by atoms with Crippen molar-refractivity contribution < 1.29 is 71.8 Å². The van der Waals surface area contributed by atoms with Gasteiger partial charge in [0.25, 0.3) is 5.79 Å². The van der Waals surface area contributed by atoms with E-state index in [1.165, 1.54) is 0 Å². The number of nitrogens with one attached hydrogen (secondary N) is 1. The summed E-state index contributed by atoms with van der Waals surface area (Å²) in [5.74, 6) is -9.98. The number of methoxy groups -OCH3 is 1. The first kappa shape index (κ1) is 36.5. The maximum atomic E-state index is 13.3. The smallest absolute Gasteiger partial charge is 0.366 e. The van der Waals surface area contributed by atoms with E-state index in [4.69, 9.17) is 38.7 Å². The average molecular weight is 619 g/mol. The molecular formula is C24H34N4O15. The Bertz CT molecular complexity index is 1140. The highest BCUT2D eigenvalue weighted by molar-refractivity contribution is 5.79. The molecule has 0 aromatic carbocycles. The lowest BCUT2D eigenvalue weighted by molar-refractivity contribution is -0.324. The maximum Gasteiger partial charge on any atom is 0.366 e. The van der Waals surface area contributed by atoms with Crippen molar-refractivity contribution in [3.8, 4) is 0 Å². The molecule has 19 heteroatoms. The molecule has 1 fully saturated rings. The molecule has 0 aliphatic carbocycles. The first-order chi connectivity index (χ1) is 20.0. The number of hydrogen-bond donors (Lipinski definition) is 2. The predicted molar refractivity (Wildman–Crippen MR) is 136 cm³/mol.